The van der Waals surface area contributed by atoms with Crippen LogP contribution in [0.1, 0.15) is 20.3 Å². The van der Waals surface area contributed by atoms with Gasteiger partial charge in [-0.1, -0.05) is 6.92 Å². The Morgan fingerprint density at radius 3 is 2.00 bits per heavy atom. The summed E-state index contributed by atoms with van der Waals surface area (Å²) in [5.74, 6) is 0.354. The molecule has 16 heavy (non-hydrogen) atoms. The average molecular weight is 232 g/mol. The summed E-state index contributed by atoms with van der Waals surface area (Å²) in [5, 5.41) is 0. The Bertz CT molecular complexity index is 242. The number of hydrogen-bond acceptors (Lipinski definition) is 6. The molecule has 0 aromatic rings. The zero-order valence-corrected chi connectivity index (χ0v) is 9.43. The number of rotatable bonds is 0. The second-order valence-electron chi connectivity index (χ2n) is 3.79. The Balaban J connectivity index is 0.000000160. The van der Waals surface area contributed by atoms with Crippen LogP contribution in [0.25, 0.3) is 0 Å². The van der Waals surface area contributed by atoms with E-state index < -0.39 is 12.3 Å². The van der Waals surface area contributed by atoms with Gasteiger partial charge in [0.15, 0.2) is 0 Å². The Morgan fingerprint density at radius 1 is 1.00 bits per heavy atom. The summed E-state index contributed by atoms with van der Waals surface area (Å²) in [5.41, 5.74) is 0. The van der Waals surface area contributed by atoms with Gasteiger partial charge in [0.05, 0.1) is 6.61 Å². The van der Waals surface area contributed by atoms with Crippen molar-refractivity contribution < 1.29 is 28.5 Å². The molecule has 0 aromatic heterocycles. The van der Waals surface area contributed by atoms with Crippen molar-refractivity contribution in [3.8, 4) is 0 Å². The molecule has 2 aliphatic heterocycles. The van der Waals surface area contributed by atoms with Crippen molar-refractivity contribution in [2.45, 2.75) is 26.4 Å². The minimum absolute atomic E-state index is 0.0382. The van der Waals surface area contributed by atoms with Gasteiger partial charge in [-0.15, -0.1) is 0 Å². The lowest BCUT2D eigenvalue weighted by molar-refractivity contribution is -0.0154. The Kier molecular flexibility index (Phi) is 4.88. The predicted molar refractivity (Wildman–Crippen MR) is 53.0 cm³/mol. The first-order chi connectivity index (χ1) is 7.58. The monoisotopic (exact) mass is 232 g/mol. The van der Waals surface area contributed by atoms with Gasteiger partial charge in [0.25, 0.3) is 0 Å². The highest BCUT2D eigenvalue weighted by atomic mass is 16.7. The van der Waals surface area contributed by atoms with Crippen molar-refractivity contribution in [3.63, 3.8) is 0 Å². The first-order valence-electron chi connectivity index (χ1n) is 5.21. The van der Waals surface area contributed by atoms with Crippen molar-refractivity contribution in [2.75, 3.05) is 19.8 Å². The second kappa shape index (κ2) is 6.19. The van der Waals surface area contributed by atoms with Gasteiger partial charge in [-0.05, 0) is 6.92 Å². The van der Waals surface area contributed by atoms with Crippen LogP contribution in [0.15, 0.2) is 0 Å². The van der Waals surface area contributed by atoms with Crippen LogP contribution in [0, 0.1) is 5.92 Å². The highest BCUT2D eigenvalue weighted by molar-refractivity contribution is 5.60. The molecule has 2 rings (SSSR count). The number of carbonyl (C=O) groups excluding carboxylic acids is 2. The maximum absolute atomic E-state index is 10.2. The minimum Gasteiger partial charge on any atom is -0.434 e. The molecule has 0 amide bonds. The summed E-state index contributed by atoms with van der Waals surface area (Å²) in [7, 11) is 0. The zero-order chi connectivity index (χ0) is 12.0. The molecule has 0 aliphatic carbocycles. The smallest absolute Gasteiger partial charge is 0.434 e. The topological polar surface area (TPSA) is 71.1 Å². The van der Waals surface area contributed by atoms with Crippen LogP contribution in [-0.2, 0) is 18.9 Å². The summed E-state index contributed by atoms with van der Waals surface area (Å²) in [6.07, 6.45) is -0.228. The Morgan fingerprint density at radius 2 is 1.62 bits per heavy atom. The van der Waals surface area contributed by atoms with Crippen LogP contribution < -0.4 is 0 Å². The van der Waals surface area contributed by atoms with Crippen LogP contribution in [0.4, 0.5) is 9.59 Å². The molecular weight excluding hydrogens is 216 g/mol. The first-order valence-corrected chi connectivity index (χ1v) is 5.21. The average Bonchev–Trinajstić information content (AvgIpc) is 2.23. The second-order valence-corrected chi connectivity index (χ2v) is 3.79. The third kappa shape index (κ3) is 4.86. The van der Waals surface area contributed by atoms with Gasteiger partial charge in [0.1, 0.15) is 19.3 Å². The maximum atomic E-state index is 10.2. The SMILES string of the molecule is CC1CCOC(=O)O1.CC1COC(=O)OC1. The minimum atomic E-state index is -0.539. The lowest BCUT2D eigenvalue weighted by atomic mass is 10.2. The molecule has 6 heteroatoms. The van der Waals surface area contributed by atoms with E-state index >= 15 is 0 Å². The molecule has 0 spiro atoms. The van der Waals surface area contributed by atoms with E-state index in [1.807, 2.05) is 13.8 Å². The van der Waals surface area contributed by atoms with Crippen LogP contribution in [-0.4, -0.2) is 38.2 Å². The summed E-state index contributed by atoms with van der Waals surface area (Å²) in [4.78, 5) is 20.4. The number of cyclic esters (lactones) is 4. The maximum Gasteiger partial charge on any atom is 0.508 e. The van der Waals surface area contributed by atoms with E-state index in [2.05, 4.69) is 18.9 Å². The molecule has 0 aromatic carbocycles. The molecule has 6 nitrogen and oxygen atoms in total. The molecule has 2 heterocycles. The van der Waals surface area contributed by atoms with Crippen LogP contribution in [0.2, 0.25) is 0 Å². The highest BCUT2D eigenvalue weighted by Gasteiger charge is 2.16. The van der Waals surface area contributed by atoms with E-state index in [0.29, 0.717) is 25.7 Å². The number of hydrogen-bond donors (Lipinski definition) is 0. The van der Waals surface area contributed by atoms with Gasteiger partial charge < -0.3 is 18.9 Å². The third-order valence-corrected chi connectivity index (χ3v) is 2.01. The lowest BCUT2D eigenvalue weighted by Crippen LogP contribution is -2.24. The third-order valence-electron chi connectivity index (χ3n) is 2.01. The molecule has 0 saturated carbocycles. The summed E-state index contributed by atoms with van der Waals surface area (Å²) >= 11 is 0. The first kappa shape index (κ1) is 12.6. The number of ether oxygens (including phenoxy) is 4. The van der Waals surface area contributed by atoms with Gasteiger partial charge in [-0.25, -0.2) is 9.59 Å². The molecule has 2 fully saturated rings. The van der Waals surface area contributed by atoms with Gasteiger partial charge in [-0.3, -0.25) is 0 Å². The molecule has 0 bridgehead atoms. The summed E-state index contributed by atoms with van der Waals surface area (Å²) in [6, 6.07) is 0. The van der Waals surface area contributed by atoms with Gasteiger partial charge in [0.2, 0.25) is 0 Å². The van der Waals surface area contributed by atoms with E-state index in [4.69, 9.17) is 0 Å². The highest BCUT2D eigenvalue weighted by Crippen LogP contribution is 2.06. The standard InChI is InChI=1S/2C5H8O3/c1-4-2-7-5(6)8-3-4;1-4-2-3-7-5(6)8-4/h2*4H,2-3H2,1H3. The molecule has 1 atom stereocenters. The normalized spacial score (nSPS) is 25.2. The summed E-state index contributed by atoms with van der Waals surface area (Å²) in [6.45, 7) is 5.31. The van der Waals surface area contributed by atoms with Gasteiger partial charge in [-0.2, -0.15) is 0 Å². The molecule has 2 saturated heterocycles. The van der Waals surface area contributed by atoms with Crippen molar-refractivity contribution in [2.24, 2.45) is 5.92 Å². The van der Waals surface area contributed by atoms with Crippen molar-refractivity contribution >= 4 is 12.3 Å². The van der Waals surface area contributed by atoms with Crippen molar-refractivity contribution in [1.82, 2.24) is 0 Å². The van der Waals surface area contributed by atoms with E-state index in [1.165, 1.54) is 0 Å². The van der Waals surface area contributed by atoms with Crippen LogP contribution in [0.3, 0.4) is 0 Å². The molecule has 2 aliphatic rings. The van der Waals surface area contributed by atoms with E-state index in [0.717, 1.165) is 6.42 Å². The number of carbonyl (C=O) groups is 2. The quantitative estimate of drug-likeness (QED) is 0.592. The summed E-state index contributed by atoms with van der Waals surface area (Å²) < 4.78 is 18.2. The van der Waals surface area contributed by atoms with Crippen molar-refractivity contribution in [3.05, 3.63) is 0 Å². The van der Waals surface area contributed by atoms with E-state index in [1.54, 1.807) is 0 Å². The van der Waals surface area contributed by atoms with E-state index in [-0.39, 0.29) is 6.10 Å². The van der Waals surface area contributed by atoms with Crippen LogP contribution >= 0.6 is 0 Å². The molecular formula is C10H16O6. The molecule has 1 unspecified atom stereocenters. The lowest BCUT2D eigenvalue weighted by Gasteiger charge is -2.17. The molecule has 0 N–H and O–H groups in total. The van der Waals surface area contributed by atoms with Gasteiger partial charge >= 0.3 is 12.3 Å². The molecule has 92 valence electrons. The fraction of sp³-hybridized carbons (Fsp3) is 0.800. The largest absolute Gasteiger partial charge is 0.508 e. The fourth-order valence-corrected chi connectivity index (χ4v) is 1.08. The van der Waals surface area contributed by atoms with Gasteiger partial charge in [0, 0.05) is 12.3 Å². The predicted octanol–water partition coefficient (Wildman–Crippen LogP) is 1.72. The van der Waals surface area contributed by atoms with Crippen molar-refractivity contribution in [1.29, 1.82) is 0 Å². The zero-order valence-electron chi connectivity index (χ0n) is 9.43. The Labute approximate surface area is 93.8 Å². The molecule has 0 radical (unpaired) electrons. The fourth-order valence-electron chi connectivity index (χ4n) is 1.08. The van der Waals surface area contributed by atoms with E-state index in [9.17, 15) is 9.59 Å². The Hall–Kier alpha value is -1.46. The van der Waals surface area contributed by atoms with Crippen LogP contribution in [0.5, 0.6) is 0 Å².